The van der Waals surface area contributed by atoms with Gasteiger partial charge >= 0.3 is 0 Å². The van der Waals surface area contributed by atoms with Crippen molar-refractivity contribution in [2.75, 3.05) is 45.3 Å². The van der Waals surface area contributed by atoms with Gasteiger partial charge in [-0.3, -0.25) is 0 Å². The first kappa shape index (κ1) is 25.6. The maximum atomic E-state index is 14.9. The van der Waals surface area contributed by atoms with Crippen LogP contribution in [-0.2, 0) is 14.8 Å². The molecular formula is C25H35ClFN3O3S. The number of ether oxygens (including phenoxy) is 1. The molecule has 34 heavy (non-hydrogen) atoms. The number of halogens is 2. The van der Waals surface area contributed by atoms with Gasteiger partial charge < -0.3 is 15.0 Å². The predicted molar refractivity (Wildman–Crippen MR) is 135 cm³/mol. The predicted octanol–water partition coefficient (Wildman–Crippen LogP) is 4.46. The number of rotatable bonds is 8. The Morgan fingerprint density at radius 2 is 2.00 bits per heavy atom. The lowest BCUT2D eigenvalue weighted by atomic mass is 9.73. The lowest BCUT2D eigenvalue weighted by Gasteiger charge is -2.48. The summed E-state index contributed by atoms with van der Waals surface area (Å²) >= 11 is 6.21. The third-order valence-corrected chi connectivity index (χ3v) is 9.25. The zero-order chi connectivity index (χ0) is 24.5. The van der Waals surface area contributed by atoms with Crippen molar-refractivity contribution >= 4 is 27.3 Å². The minimum absolute atomic E-state index is 0.0304. The van der Waals surface area contributed by atoms with Crippen LogP contribution in [0.3, 0.4) is 0 Å². The Bertz CT molecular complexity index is 1050. The van der Waals surface area contributed by atoms with Gasteiger partial charge in [-0.2, -0.15) is 0 Å². The van der Waals surface area contributed by atoms with Crippen LogP contribution in [0.4, 0.5) is 10.1 Å². The van der Waals surface area contributed by atoms with Gasteiger partial charge in [0.15, 0.2) is 0 Å². The van der Waals surface area contributed by atoms with Crippen molar-refractivity contribution in [3.05, 3.63) is 52.8 Å². The van der Waals surface area contributed by atoms with Crippen LogP contribution in [0.15, 0.2) is 36.4 Å². The molecule has 0 aromatic heterocycles. The molecule has 6 nitrogen and oxygen atoms in total. The van der Waals surface area contributed by atoms with E-state index >= 15 is 0 Å². The van der Waals surface area contributed by atoms with E-state index < -0.39 is 10.0 Å². The molecule has 9 heteroatoms. The summed E-state index contributed by atoms with van der Waals surface area (Å²) in [5.41, 5.74) is 1.17. The molecule has 188 valence electrons. The van der Waals surface area contributed by atoms with Gasteiger partial charge in [0, 0.05) is 42.1 Å². The van der Waals surface area contributed by atoms with Crippen molar-refractivity contribution in [3.63, 3.8) is 0 Å². The Morgan fingerprint density at radius 3 is 2.71 bits per heavy atom. The molecule has 0 saturated carbocycles. The monoisotopic (exact) mass is 511 g/mol. The molecule has 2 aliphatic heterocycles. The third-order valence-electron chi connectivity index (χ3n) is 7.13. The van der Waals surface area contributed by atoms with E-state index in [1.54, 1.807) is 13.1 Å². The summed E-state index contributed by atoms with van der Waals surface area (Å²) in [6.07, 6.45) is 10.9. The number of sulfonamides is 1. The van der Waals surface area contributed by atoms with Crippen molar-refractivity contribution in [2.45, 2.75) is 43.9 Å². The molecule has 1 fully saturated rings. The van der Waals surface area contributed by atoms with Crippen LogP contribution in [0, 0.1) is 17.7 Å². The van der Waals surface area contributed by atoms with Gasteiger partial charge in [-0.15, -0.1) is 0 Å². The highest BCUT2D eigenvalue weighted by molar-refractivity contribution is 7.89. The largest absolute Gasteiger partial charge is 0.379 e. The average molecular weight is 512 g/mol. The van der Waals surface area contributed by atoms with Crippen LogP contribution in [0.1, 0.15) is 37.4 Å². The summed E-state index contributed by atoms with van der Waals surface area (Å²) in [4.78, 5) is 1.98. The Labute approximate surface area is 207 Å². The molecule has 1 unspecified atom stereocenters. The second-order valence-corrected chi connectivity index (χ2v) is 12.5. The molecule has 0 radical (unpaired) electrons. The van der Waals surface area contributed by atoms with Crippen molar-refractivity contribution in [1.29, 1.82) is 0 Å². The zero-order valence-corrected chi connectivity index (χ0v) is 21.7. The zero-order valence-electron chi connectivity index (χ0n) is 20.1. The maximum absolute atomic E-state index is 14.9. The molecule has 1 saturated heterocycles. The Hall–Kier alpha value is -1.45. The number of likely N-dealkylation sites (N-methyl/N-ethyl adjacent to an activating group) is 1. The van der Waals surface area contributed by atoms with Crippen LogP contribution in [0.25, 0.3) is 0 Å². The lowest BCUT2D eigenvalue weighted by molar-refractivity contribution is -0.0985. The highest BCUT2D eigenvalue weighted by atomic mass is 35.5. The van der Waals surface area contributed by atoms with Crippen LogP contribution in [0.5, 0.6) is 0 Å². The second kappa shape index (κ2) is 10.7. The van der Waals surface area contributed by atoms with E-state index in [-0.39, 0.29) is 48.2 Å². The number of anilines is 1. The minimum Gasteiger partial charge on any atom is -0.379 e. The van der Waals surface area contributed by atoms with E-state index in [4.69, 9.17) is 16.3 Å². The van der Waals surface area contributed by atoms with Crippen LogP contribution in [-0.4, -0.2) is 69.8 Å². The summed E-state index contributed by atoms with van der Waals surface area (Å²) in [7, 11) is 2.11. The number of hydrogen-bond donors (Lipinski definition) is 1. The quantitative estimate of drug-likeness (QED) is 0.558. The van der Waals surface area contributed by atoms with Crippen molar-refractivity contribution in [1.82, 2.24) is 9.21 Å². The first-order chi connectivity index (χ1) is 16.2. The number of benzene rings is 1. The molecule has 4 rings (SSSR count). The first-order valence-electron chi connectivity index (χ1n) is 12.0. The molecule has 0 amide bonds. The average Bonchev–Trinajstić information content (AvgIpc) is 2.79. The van der Waals surface area contributed by atoms with Gasteiger partial charge in [0.05, 0.1) is 23.6 Å². The minimum atomic E-state index is -3.37. The molecule has 1 aromatic carbocycles. The second-order valence-electron chi connectivity index (χ2n) is 9.91. The summed E-state index contributed by atoms with van der Waals surface area (Å²) in [5, 5.41) is 3.80. The number of fused-ring (bicyclic) bond motifs is 3. The fourth-order valence-corrected chi connectivity index (χ4v) is 6.78. The summed E-state index contributed by atoms with van der Waals surface area (Å²) < 4.78 is 48.4. The SMILES string of the molecule is CN(C)CCCS(=O)(=O)N(C)C[C@H]1CC[C@@H]2[C@H](O1)c1cc(Cl)cc(F)c1N[C@H]2C1C=CC=CC1. The van der Waals surface area contributed by atoms with E-state index in [9.17, 15) is 12.8 Å². The molecule has 3 aliphatic rings. The van der Waals surface area contributed by atoms with Gasteiger partial charge in [-0.25, -0.2) is 17.1 Å². The van der Waals surface area contributed by atoms with Crippen LogP contribution >= 0.6 is 11.6 Å². The van der Waals surface area contributed by atoms with Gasteiger partial charge in [0.2, 0.25) is 10.0 Å². The van der Waals surface area contributed by atoms with E-state index in [0.717, 1.165) is 31.4 Å². The number of hydrogen-bond acceptors (Lipinski definition) is 5. The van der Waals surface area contributed by atoms with E-state index in [1.807, 2.05) is 31.1 Å². The fourth-order valence-electron chi connectivity index (χ4n) is 5.37. The molecule has 2 heterocycles. The van der Waals surface area contributed by atoms with Crippen molar-refractivity contribution in [3.8, 4) is 0 Å². The summed E-state index contributed by atoms with van der Waals surface area (Å²) in [5.74, 6) is 0.107. The van der Waals surface area contributed by atoms with Crippen LogP contribution in [0.2, 0.25) is 5.02 Å². The molecule has 5 atom stereocenters. The fraction of sp³-hybridized carbons (Fsp3) is 0.600. The lowest BCUT2D eigenvalue weighted by Crippen LogP contribution is -2.49. The normalized spacial score (nSPS) is 28.6. The highest BCUT2D eigenvalue weighted by Crippen LogP contribution is 2.49. The van der Waals surface area contributed by atoms with Gasteiger partial charge in [0.25, 0.3) is 0 Å². The molecule has 1 aromatic rings. The van der Waals surface area contributed by atoms with Gasteiger partial charge in [0.1, 0.15) is 5.82 Å². The highest BCUT2D eigenvalue weighted by Gasteiger charge is 2.45. The van der Waals surface area contributed by atoms with Gasteiger partial charge in [-0.1, -0.05) is 35.9 Å². The smallest absolute Gasteiger partial charge is 0.213 e. The number of allylic oxidation sites excluding steroid dienone is 3. The number of nitrogens with zero attached hydrogens (tertiary/aromatic N) is 2. The first-order valence-corrected chi connectivity index (χ1v) is 14.0. The van der Waals surface area contributed by atoms with Gasteiger partial charge in [-0.05, 0) is 58.5 Å². The molecule has 1 aliphatic carbocycles. The molecular weight excluding hydrogens is 477 g/mol. The van der Waals surface area contributed by atoms with E-state index in [2.05, 4.69) is 17.5 Å². The van der Waals surface area contributed by atoms with E-state index in [0.29, 0.717) is 17.1 Å². The standard InChI is InChI=1S/C25H35ClFN3O3S/c1-29(2)12-7-13-34(31,32)30(3)16-19-10-11-20-23(17-8-5-4-6-9-17)28-24-21(25(20)33-19)14-18(26)15-22(24)27/h4-6,8,14-15,17,19-20,23,25,28H,7,9-13,16H2,1-3H3/t17?,19-,20+,23+,25+/m1/s1. The number of nitrogens with one attached hydrogen (secondary N) is 1. The Kier molecular flexibility index (Phi) is 8.04. The van der Waals surface area contributed by atoms with Crippen molar-refractivity contribution in [2.24, 2.45) is 11.8 Å². The molecule has 0 spiro atoms. The topological polar surface area (TPSA) is 61.9 Å². The Morgan fingerprint density at radius 1 is 1.21 bits per heavy atom. The molecule has 1 N–H and O–H groups in total. The summed E-state index contributed by atoms with van der Waals surface area (Å²) in [6.45, 7) is 1.01. The third kappa shape index (κ3) is 5.68. The maximum Gasteiger partial charge on any atom is 0.213 e. The molecule has 0 bridgehead atoms. The summed E-state index contributed by atoms with van der Waals surface area (Å²) in [6, 6.07) is 3.14. The Balaban J connectivity index is 1.52. The van der Waals surface area contributed by atoms with Crippen LogP contribution < -0.4 is 5.32 Å². The van der Waals surface area contributed by atoms with Crippen molar-refractivity contribution < 1.29 is 17.5 Å². The van der Waals surface area contributed by atoms with E-state index in [1.165, 1.54) is 10.4 Å².